The van der Waals surface area contributed by atoms with E-state index in [0.717, 1.165) is 5.56 Å². The molecule has 1 unspecified atom stereocenters. The molecule has 1 aliphatic heterocycles. The van der Waals surface area contributed by atoms with Gasteiger partial charge in [0.1, 0.15) is 4.87 Å². The third kappa shape index (κ3) is 1.97. The molecule has 1 atom stereocenters. The second-order valence-electron chi connectivity index (χ2n) is 3.20. The molecule has 0 saturated heterocycles. The highest BCUT2D eigenvalue weighted by atomic mass is 32.2. The van der Waals surface area contributed by atoms with Crippen molar-refractivity contribution in [1.82, 2.24) is 10.3 Å². The fourth-order valence-corrected chi connectivity index (χ4v) is 2.52. The van der Waals surface area contributed by atoms with Crippen molar-refractivity contribution in [2.24, 2.45) is 0 Å². The third-order valence-electron chi connectivity index (χ3n) is 2.20. The second-order valence-corrected chi connectivity index (χ2v) is 4.40. The highest BCUT2D eigenvalue weighted by molar-refractivity contribution is 8.03. The quantitative estimate of drug-likeness (QED) is 0.811. The maximum absolute atomic E-state index is 10.8. The molecule has 2 rings (SSSR count). The van der Waals surface area contributed by atoms with Crippen LogP contribution in [-0.2, 0) is 9.67 Å². The van der Waals surface area contributed by atoms with Crippen molar-refractivity contribution in [3.63, 3.8) is 0 Å². The van der Waals surface area contributed by atoms with Crippen molar-refractivity contribution in [3.05, 3.63) is 41.7 Å². The average Bonchev–Trinajstić information content (AvgIpc) is 2.68. The lowest BCUT2D eigenvalue weighted by Gasteiger charge is -2.27. The van der Waals surface area contributed by atoms with E-state index in [1.54, 1.807) is 18.6 Å². The minimum absolute atomic E-state index is 0.0364. The molecule has 4 nitrogen and oxygen atoms in total. The molecule has 1 aromatic heterocycles. The summed E-state index contributed by atoms with van der Waals surface area (Å²) >= 11 is 1.47. The lowest BCUT2D eigenvalue weighted by atomic mass is 10.0. The van der Waals surface area contributed by atoms with Gasteiger partial charge in [0.2, 0.25) is 0 Å². The molecular weight excluding hydrogens is 212 g/mol. The minimum Gasteiger partial charge on any atom is -0.481 e. The Morgan fingerprint density at radius 2 is 2.27 bits per heavy atom. The fourth-order valence-electron chi connectivity index (χ4n) is 1.53. The first-order valence-electron chi connectivity index (χ1n) is 4.46. The lowest BCUT2D eigenvalue weighted by molar-refractivity contribution is -0.137. The Bertz CT molecular complexity index is 384. The molecule has 15 heavy (non-hydrogen) atoms. The van der Waals surface area contributed by atoms with Crippen molar-refractivity contribution < 1.29 is 9.90 Å². The number of pyridine rings is 1. The van der Waals surface area contributed by atoms with E-state index in [2.05, 4.69) is 10.3 Å². The number of nitrogens with one attached hydrogen (secondary N) is 1. The zero-order valence-electron chi connectivity index (χ0n) is 7.88. The van der Waals surface area contributed by atoms with Crippen LogP contribution in [0.5, 0.6) is 0 Å². The molecule has 5 heteroatoms. The molecule has 0 spiro atoms. The Labute approximate surface area is 91.4 Å². The van der Waals surface area contributed by atoms with Gasteiger partial charge in [-0.3, -0.25) is 9.78 Å². The van der Waals surface area contributed by atoms with Gasteiger partial charge in [0.25, 0.3) is 0 Å². The van der Waals surface area contributed by atoms with Crippen LogP contribution >= 0.6 is 11.8 Å². The normalized spacial score (nSPS) is 23.7. The molecule has 0 radical (unpaired) electrons. The van der Waals surface area contributed by atoms with Gasteiger partial charge in [0.15, 0.2) is 0 Å². The second kappa shape index (κ2) is 3.94. The highest BCUT2D eigenvalue weighted by Crippen LogP contribution is 2.40. The van der Waals surface area contributed by atoms with Gasteiger partial charge in [-0.05, 0) is 23.1 Å². The number of carbonyl (C=O) groups is 1. The topological polar surface area (TPSA) is 62.2 Å². The smallest absolute Gasteiger partial charge is 0.307 e. The molecular formula is C10H10N2O2S. The molecule has 0 amide bonds. The van der Waals surface area contributed by atoms with Crippen LogP contribution in [0.3, 0.4) is 0 Å². The molecule has 2 heterocycles. The molecule has 2 N–H and O–H groups in total. The zero-order chi connectivity index (χ0) is 10.7. The Morgan fingerprint density at radius 3 is 2.80 bits per heavy atom. The first kappa shape index (κ1) is 10.0. The van der Waals surface area contributed by atoms with Crippen LogP contribution in [0.25, 0.3) is 0 Å². The van der Waals surface area contributed by atoms with Gasteiger partial charge < -0.3 is 10.4 Å². The van der Waals surface area contributed by atoms with Crippen molar-refractivity contribution in [2.75, 3.05) is 0 Å². The summed E-state index contributed by atoms with van der Waals surface area (Å²) in [5.41, 5.74) is 0.926. The van der Waals surface area contributed by atoms with Gasteiger partial charge in [-0.25, -0.2) is 0 Å². The summed E-state index contributed by atoms with van der Waals surface area (Å²) < 4.78 is 0. The van der Waals surface area contributed by atoms with Crippen molar-refractivity contribution in [1.29, 1.82) is 0 Å². The number of carboxylic acid groups (broad SMARTS) is 1. The summed E-state index contributed by atoms with van der Waals surface area (Å²) in [5.74, 6) is -0.824. The number of hydrogen-bond acceptors (Lipinski definition) is 4. The van der Waals surface area contributed by atoms with Crippen LogP contribution in [-0.4, -0.2) is 16.1 Å². The predicted octanol–water partition coefficient (Wildman–Crippen LogP) is 1.52. The molecule has 0 saturated carbocycles. The zero-order valence-corrected chi connectivity index (χ0v) is 8.70. The van der Waals surface area contributed by atoms with Crippen molar-refractivity contribution >= 4 is 17.7 Å². The van der Waals surface area contributed by atoms with Crippen LogP contribution in [0.4, 0.5) is 0 Å². The Kier molecular flexibility index (Phi) is 2.64. The average molecular weight is 222 g/mol. The summed E-state index contributed by atoms with van der Waals surface area (Å²) in [6.45, 7) is 0. The largest absolute Gasteiger partial charge is 0.481 e. The number of aromatic nitrogens is 1. The molecule has 0 aliphatic carbocycles. The molecule has 0 fully saturated rings. The lowest BCUT2D eigenvalue weighted by Crippen LogP contribution is -2.35. The first-order valence-corrected chi connectivity index (χ1v) is 5.34. The van der Waals surface area contributed by atoms with Crippen LogP contribution < -0.4 is 5.32 Å². The minimum atomic E-state index is -0.824. The van der Waals surface area contributed by atoms with Crippen molar-refractivity contribution in [2.45, 2.75) is 11.3 Å². The summed E-state index contributed by atoms with van der Waals surface area (Å²) in [7, 11) is 0. The Balaban J connectivity index is 2.31. The predicted molar refractivity (Wildman–Crippen MR) is 58.0 cm³/mol. The Hall–Kier alpha value is -1.49. The summed E-state index contributed by atoms with van der Waals surface area (Å²) in [6.07, 6.45) is 5.14. The van der Waals surface area contributed by atoms with Gasteiger partial charge in [-0.1, -0.05) is 11.8 Å². The van der Waals surface area contributed by atoms with Gasteiger partial charge in [0, 0.05) is 18.6 Å². The van der Waals surface area contributed by atoms with Crippen LogP contribution in [0.15, 0.2) is 36.1 Å². The SMILES string of the molecule is O=C(O)CC1(c2ccncc2)NC=CS1. The molecule has 0 bridgehead atoms. The molecule has 0 aromatic carbocycles. The Morgan fingerprint density at radius 1 is 1.53 bits per heavy atom. The molecule has 1 aromatic rings. The first-order chi connectivity index (χ1) is 7.23. The third-order valence-corrected chi connectivity index (χ3v) is 3.37. The van der Waals surface area contributed by atoms with Gasteiger partial charge in [0.05, 0.1) is 6.42 Å². The summed E-state index contributed by atoms with van der Waals surface area (Å²) in [6, 6.07) is 3.66. The molecule has 78 valence electrons. The van der Waals surface area contributed by atoms with Crippen LogP contribution in [0.2, 0.25) is 0 Å². The maximum atomic E-state index is 10.8. The van der Waals surface area contributed by atoms with E-state index in [9.17, 15) is 4.79 Å². The number of aliphatic carboxylic acids is 1. The number of carboxylic acids is 1. The van der Waals surface area contributed by atoms with Crippen molar-refractivity contribution in [3.8, 4) is 0 Å². The van der Waals surface area contributed by atoms with Crippen LogP contribution in [0, 0.1) is 0 Å². The van der Waals surface area contributed by atoms with E-state index in [1.807, 2.05) is 17.5 Å². The number of thioether (sulfide) groups is 1. The number of rotatable bonds is 3. The van der Waals surface area contributed by atoms with Gasteiger partial charge in [-0.2, -0.15) is 0 Å². The van der Waals surface area contributed by atoms with E-state index in [0.29, 0.717) is 0 Å². The standard InChI is InChI=1S/C10H10N2O2S/c13-9(14)7-10(12-5-6-15-10)8-1-3-11-4-2-8/h1-6,12H,7H2,(H,13,14). The van der Waals surface area contributed by atoms with E-state index in [1.165, 1.54) is 11.8 Å². The molecule has 1 aliphatic rings. The fraction of sp³-hybridized carbons (Fsp3) is 0.200. The number of hydrogen-bond donors (Lipinski definition) is 2. The number of nitrogens with zero attached hydrogens (tertiary/aromatic N) is 1. The highest BCUT2D eigenvalue weighted by Gasteiger charge is 2.36. The van der Waals surface area contributed by atoms with E-state index >= 15 is 0 Å². The summed E-state index contributed by atoms with van der Waals surface area (Å²) in [5, 5.41) is 13.9. The summed E-state index contributed by atoms with van der Waals surface area (Å²) in [4.78, 5) is 14.2. The van der Waals surface area contributed by atoms with Gasteiger partial charge in [-0.15, -0.1) is 0 Å². The monoisotopic (exact) mass is 222 g/mol. The van der Waals surface area contributed by atoms with E-state index in [-0.39, 0.29) is 6.42 Å². The van der Waals surface area contributed by atoms with E-state index < -0.39 is 10.8 Å². The van der Waals surface area contributed by atoms with Gasteiger partial charge >= 0.3 is 5.97 Å². The van der Waals surface area contributed by atoms with E-state index in [4.69, 9.17) is 5.11 Å². The maximum Gasteiger partial charge on any atom is 0.307 e. The van der Waals surface area contributed by atoms with Crippen LogP contribution in [0.1, 0.15) is 12.0 Å².